The average Bonchev–Trinajstić information content (AvgIpc) is 2.50. The Morgan fingerprint density at radius 1 is 1.21 bits per heavy atom. The fourth-order valence-corrected chi connectivity index (χ4v) is 2.15. The van der Waals surface area contributed by atoms with E-state index in [1.54, 1.807) is 0 Å². The lowest BCUT2D eigenvalue weighted by atomic mass is 10.0. The fraction of sp³-hybridized carbons (Fsp3) is 0.438. The van der Waals surface area contributed by atoms with Gasteiger partial charge >= 0.3 is 18.0 Å². The van der Waals surface area contributed by atoms with E-state index < -0.39 is 30.1 Å². The highest BCUT2D eigenvalue weighted by atomic mass is 16.5. The molecule has 2 amide bonds. The van der Waals surface area contributed by atoms with Crippen LogP contribution in [0.25, 0.3) is 0 Å². The monoisotopic (exact) mass is 338 g/mol. The summed E-state index contributed by atoms with van der Waals surface area (Å²) in [5, 5.41) is 23.4. The molecule has 0 aliphatic rings. The number of urea groups is 1. The normalized spacial score (nSPS) is 13.0. The molecule has 0 aliphatic carbocycles. The van der Waals surface area contributed by atoms with Gasteiger partial charge < -0.3 is 25.6 Å². The molecule has 8 heteroatoms. The third kappa shape index (κ3) is 5.79. The largest absolute Gasteiger partial charge is 0.508 e. The van der Waals surface area contributed by atoms with E-state index in [1.807, 2.05) is 13.8 Å². The summed E-state index contributed by atoms with van der Waals surface area (Å²) in [4.78, 5) is 35.2. The van der Waals surface area contributed by atoms with Crippen molar-refractivity contribution < 1.29 is 29.3 Å². The summed E-state index contributed by atoms with van der Waals surface area (Å²) in [6.45, 7) is 3.75. The molecule has 24 heavy (non-hydrogen) atoms. The van der Waals surface area contributed by atoms with Crippen molar-refractivity contribution in [1.29, 1.82) is 0 Å². The topological polar surface area (TPSA) is 125 Å². The molecule has 0 saturated carbocycles. The van der Waals surface area contributed by atoms with Crippen LogP contribution in [-0.2, 0) is 14.3 Å². The van der Waals surface area contributed by atoms with Gasteiger partial charge in [0.1, 0.15) is 11.8 Å². The first-order chi connectivity index (χ1) is 11.2. The quantitative estimate of drug-likeness (QED) is 0.557. The SMILES string of the molecule is COC(=O)[C@H](CC(C)C)NC(=O)NC(C(=O)O)c1cccc(O)c1. The summed E-state index contributed by atoms with van der Waals surface area (Å²) in [6, 6.07) is 2.49. The number of phenols is 1. The van der Waals surface area contributed by atoms with Crippen molar-refractivity contribution in [2.24, 2.45) is 5.92 Å². The number of rotatable bonds is 7. The predicted octanol–water partition coefficient (Wildman–Crippen LogP) is 1.40. The number of carboxylic acid groups (broad SMARTS) is 1. The van der Waals surface area contributed by atoms with E-state index >= 15 is 0 Å². The molecule has 1 aromatic carbocycles. The Bertz CT molecular complexity index is 602. The van der Waals surface area contributed by atoms with Crippen LogP contribution in [0.1, 0.15) is 31.9 Å². The number of carbonyl (C=O) groups excluding carboxylic acids is 2. The molecule has 0 aliphatic heterocycles. The second-order valence-electron chi connectivity index (χ2n) is 5.69. The Kier molecular flexibility index (Phi) is 7.03. The molecule has 1 aromatic rings. The molecule has 0 heterocycles. The number of phenolic OH excluding ortho intramolecular Hbond substituents is 1. The third-order valence-electron chi connectivity index (χ3n) is 3.22. The van der Waals surface area contributed by atoms with Gasteiger partial charge in [0.25, 0.3) is 0 Å². The van der Waals surface area contributed by atoms with E-state index in [1.165, 1.54) is 31.4 Å². The van der Waals surface area contributed by atoms with Gasteiger partial charge in [-0.2, -0.15) is 0 Å². The second kappa shape index (κ2) is 8.76. The van der Waals surface area contributed by atoms with Crippen molar-refractivity contribution >= 4 is 18.0 Å². The lowest BCUT2D eigenvalue weighted by Gasteiger charge is -2.21. The fourth-order valence-electron chi connectivity index (χ4n) is 2.15. The van der Waals surface area contributed by atoms with Crippen LogP contribution < -0.4 is 10.6 Å². The highest BCUT2D eigenvalue weighted by Crippen LogP contribution is 2.18. The van der Waals surface area contributed by atoms with Gasteiger partial charge in [0.05, 0.1) is 7.11 Å². The van der Waals surface area contributed by atoms with Gasteiger partial charge in [0, 0.05) is 0 Å². The second-order valence-corrected chi connectivity index (χ2v) is 5.69. The average molecular weight is 338 g/mol. The Hall–Kier alpha value is -2.77. The maximum Gasteiger partial charge on any atom is 0.330 e. The molecule has 0 saturated heterocycles. The smallest absolute Gasteiger partial charge is 0.330 e. The van der Waals surface area contributed by atoms with Crippen molar-refractivity contribution in [3.63, 3.8) is 0 Å². The van der Waals surface area contributed by atoms with Crippen molar-refractivity contribution in [2.45, 2.75) is 32.4 Å². The number of carbonyl (C=O) groups is 3. The number of esters is 1. The number of aliphatic carboxylic acids is 1. The number of methoxy groups -OCH3 is 1. The van der Waals surface area contributed by atoms with E-state index in [4.69, 9.17) is 0 Å². The number of amides is 2. The Labute approximate surface area is 139 Å². The van der Waals surface area contributed by atoms with Crippen molar-refractivity contribution in [2.75, 3.05) is 7.11 Å². The third-order valence-corrected chi connectivity index (χ3v) is 3.22. The first-order valence-electron chi connectivity index (χ1n) is 7.41. The lowest BCUT2D eigenvalue weighted by molar-refractivity contribution is -0.143. The minimum atomic E-state index is -1.37. The Morgan fingerprint density at radius 3 is 2.38 bits per heavy atom. The van der Waals surface area contributed by atoms with Crippen LogP contribution in [-0.4, -0.2) is 41.3 Å². The maximum absolute atomic E-state index is 12.1. The molecular weight excluding hydrogens is 316 g/mol. The number of ether oxygens (including phenoxy) is 1. The van der Waals surface area contributed by atoms with Crippen molar-refractivity contribution in [3.8, 4) is 5.75 Å². The summed E-state index contributed by atoms with van der Waals surface area (Å²) in [6.07, 6.45) is 0.351. The zero-order valence-electron chi connectivity index (χ0n) is 13.8. The Morgan fingerprint density at radius 2 is 1.88 bits per heavy atom. The van der Waals surface area contributed by atoms with Gasteiger partial charge in [-0.1, -0.05) is 26.0 Å². The number of hydrogen-bond donors (Lipinski definition) is 4. The van der Waals surface area contributed by atoms with E-state index in [2.05, 4.69) is 15.4 Å². The highest BCUT2D eigenvalue weighted by Gasteiger charge is 2.26. The van der Waals surface area contributed by atoms with Crippen LogP contribution in [0.4, 0.5) is 4.79 Å². The van der Waals surface area contributed by atoms with E-state index in [9.17, 15) is 24.6 Å². The standard InChI is InChI=1S/C16H22N2O6/c1-9(2)7-12(15(22)24-3)17-16(23)18-13(14(20)21)10-5-4-6-11(19)8-10/h4-6,8-9,12-13,19H,7H2,1-3H3,(H,20,21)(H2,17,18,23)/t12-,13?/m0/s1. The zero-order valence-corrected chi connectivity index (χ0v) is 13.8. The van der Waals surface area contributed by atoms with Crippen LogP contribution in [0, 0.1) is 5.92 Å². The van der Waals surface area contributed by atoms with Crippen molar-refractivity contribution in [1.82, 2.24) is 10.6 Å². The molecule has 0 spiro atoms. The van der Waals surface area contributed by atoms with Gasteiger partial charge in [-0.3, -0.25) is 0 Å². The maximum atomic E-state index is 12.1. The first-order valence-corrected chi connectivity index (χ1v) is 7.41. The summed E-state index contributed by atoms with van der Waals surface area (Å²) in [7, 11) is 1.21. The van der Waals surface area contributed by atoms with Crippen LogP contribution in [0.3, 0.4) is 0 Å². The molecule has 2 atom stereocenters. The van der Waals surface area contributed by atoms with Gasteiger partial charge in [-0.15, -0.1) is 0 Å². The van der Waals surface area contributed by atoms with E-state index in [-0.39, 0.29) is 17.2 Å². The van der Waals surface area contributed by atoms with E-state index in [0.29, 0.717) is 6.42 Å². The first kappa shape index (κ1) is 19.3. The molecule has 1 unspecified atom stereocenters. The molecule has 132 valence electrons. The highest BCUT2D eigenvalue weighted by molar-refractivity contribution is 5.87. The molecule has 0 bridgehead atoms. The minimum absolute atomic E-state index is 0.117. The van der Waals surface area contributed by atoms with Crippen LogP contribution in [0.15, 0.2) is 24.3 Å². The number of hydrogen-bond acceptors (Lipinski definition) is 5. The van der Waals surface area contributed by atoms with Crippen LogP contribution in [0.2, 0.25) is 0 Å². The molecule has 0 radical (unpaired) electrons. The summed E-state index contributed by atoms with van der Waals surface area (Å²) in [5.74, 6) is -1.90. The van der Waals surface area contributed by atoms with Crippen LogP contribution >= 0.6 is 0 Å². The van der Waals surface area contributed by atoms with Gasteiger partial charge in [0.15, 0.2) is 6.04 Å². The Balaban J connectivity index is 2.84. The minimum Gasteiger partial charge on any atom is -0.508 e. The number of carboxylic acids is 1. The van der Waals surface area contributed by atoms with E-state index in [0.717, 1.165) is 0 Å². The molecule has 0 fully saturated rings. The van der Waals surface area contributed by atoms with Crippen LogP contribution in [0.5, 0.6) is 5.75 Å². The van der Waals surface area contributed by atoms with Crippen molar-refractivity contribution in [3.05, 3.63) is 29.8 Å². The molecular formula is C16H22N2O6. The summed E-state index contributed by atoms with van der Waals surface area (Å²) in [5.41, 5.74) is 0.205. The van der Waals surface area contributed by atoms with Gasteiger partial charge in [0.2, 0.25) is 0 Å². The predicted molar refractivity (Wildman–Crippen MR) is 85.4 cm³/mol. The molecule has 1 rings (SSSR count). The lowest BCUT2D eigenvalue weighted by Crippen LogP contribution is -2.49. The number of aromatic hydroxyl groups is 1. The zero-order chi connectivity index (χ0) is 18.3. The molecule has 0 aromatic heterocycles. The van der Waals surface area contributed by atoms with Gasteiger partial charge in [-0.05, 0) is 30.0 Å². The number of benzene rings is 1. The molecule has 8 nitrogen and oxygen atoms in total. The van der Waals surface area contributed by atoms with Gasteiger partial charge in [-0.25, -0.2) is 14.4 Å². The molecule has 4 N–H and O–H groups in total. The summed E-state index contributed by atoms with van der Waals surface area (Å²) < 4.78 is 4.64. The summed E-state index contributed by atoms with van der Waals surface area (Å²) >= 11 is 0. The number of nitrogens with one attached hydrogen (secondary N) is 2.